The minimum Gasteiger partial charge on any atom is -0.304 e. The van der Waals surface area contributed by atoms with E-state index in [4.69, 9.17) is 0 Å². The fraction of sp³-hybridized carbons (Fsp3) is 0.294. The lowest BCUT2D eigenvalue weighted by molar-refractivity contribution is -0.141. The number of benzene rings is 1. The molecule has 1 aromatic carbocycles. The number of H-pyrrole nitrogens is 1. The van der Waals surface area contributed by atoms with Crippen molar-refractivity contribution in [3.05, 3.63) is 63.8 Å². The molecule has 126 valence electrons. The van der Waals surface area contributed by atoms with Gasteiger partial charge >= 0.3 is 11.9 Å². The second kappa shape index (κ2) is 5.81. The molecule has 3 rings (SSSR count). The van der Waals surface area contributed by atoms with Crippen molar-refractivity contribution in [2.75, 3.05) is 0 Å². The van der Waals surface area contributed by atoms with Crippen LogP contribution in [0.4, 0.5) is 13.2 Å². The van der Waals surface area contributed by atoms with Gasteiger partial charge in [0.05, 0.1) is 23.3 Å². The summed E-state index contributed by atoms with van der Waals surface area (Å²) in [5.41, 5.74) is 0.214. The molecule has 0 atom stereocenters. The van der Waals surface area contributed by atoms with Gasteiger partial charge < -0.3 is 4.98 Å². The Bertz CT molecular complexity index is 924. The number of nitrogens with one attached hydrogen (secondary N) is 1. The summed E-state index contributed by atoms with van der Waals surface area (Å²) >= 11 is 0. The van der Waals surface area contributed by atoms with E-state index < -0.39 is 17.6 Å². The van der Waals surface area contributed by atoms with Crippen LogP contribution in [0.15, 0.2) is 41.2 Å². The van der Waals surface area contributed by atoms with Crippen LogP contribution < -0.4 is 5.69 Å². The predicted octanol–water partition coefficient (Wildman–Crippen LogP) is 3.92. The Morgan fingerprint density at radius 2 is 1.88 bits per heavy atom. The lowest BCUT2D eigenvalue weighted by atomic mass is 10.1. The molecule has 2 aromatic heterocycles. The molecule has 0 unspecified atom stereocenters. The Morgan fingerprint density at radius 3 is 2.46 bits per heavy atom. The van der Waals surface area contributed by atoms with Crippen LogP contribution in [0.1, 0.15) is 36.7 Å². The zero-order valence-corrected chi connectivity index (χ0v) is 13.2. The molecule has 0 aliphatic carbocycles. The summed E-state index contributed by atoms with van der Waals surface area (Å²) in [6, 6.07) is 10.0. The number of hydrogen-bond donors (Lipinski definition) is 1. The number of rotatable bonds is 3. The fourth-order valence-corrected chi connectivity index (χ4v) is 2.66. The molecule has 7 heteroatoms. The first-order chi connectivity index (χ1) is 11.3. The quantitative estimate of drug-likeness (QED) is 0.789. The third-order valence-electron chi connectivity index (χ3n) is 3.82. The van der Waals surface area contributed by atoms with Gasteiger partial charge in [0.25, 0.3) is 0 Å². The summed E-state index contributed by atoms with van der Waals surface area (Å²) in [5, 5.41) is 0. The molecule has 0 fully saturated rings. The maximum Gasteiger partial charge on any atom is 0.433 e. The first kappa shape index (κ1) is 16.3. The summed E-state index contributed by atoms with van der Waals surface area (Å²) in [4.78, 5) is 18.7. The molecule has 0 aliphatic heterocycles. The van der Waals surface area contributed by atoms with Gasteiger partial charge in [0.1, 0.15) is 5.69 Å². The zero-order valence-electron chi connectivity index (χ0n) is 13.2. The van der Waals surface area contributed by atoms with Crippen molar-refractivity contribution in [3.8, 4) is 0 Å². The summed E-state index contributed by atoms with van der Waals surface area (Å²) in [6.07, 6.45) is -4.57. The molecule has 24 heavy (non-hydrogen) atoms. The van der Waals surface area contributed by atoms with Crippen molar-refractivity contribution in [2.45, 2.75) is 32.5 Å². The summed E-state index contributed by atoms with van der Waals surface area (Å²) in [7, 11) is 0. The van der Waals surface area contributed by atoms with Crippen LogP contribution in [0.3, 0.4) is 0 Å². The van der Waals surface area contributed by atoms with Gasteiger partial charge in [0.15, 0.2) is 0 Å². The first-order valence-electron chi connectivity index (χ1n) is 7.52. The predicted molar refractivity (Wildman–Crippen MR) is 85.0 cm³/mol. The van der Waals surface area contributed by atoms with Crippen LogP contribution in [0.25, 0.3) is 11.0 Å². The second-order valence-corrected chi connectivity index (χ2v) is 5.94. The van der Waals surface area contributed by atoms with Crippen molar-refractivity contribution in [1.82, 2.24) is 14.5 Å². The van der Waals surface area contributed by atoms with E-state index in [1.54, 1.807) is 13.8 Å². The summed E-state index contributed by atoms with van der Waals surface area (Å²) < 4.78 is 40.8. The molecule has 0 radical (unpaired) electrons. The molecule has 0 aliphatic rings. The van der Waals surface area contributed by atoms with E-state index in [1.165, 1.54) is 4.57 Å². The maximum atomic E-state index is 13.2. The van der Waals surface area contributed by atoms with Gasteiger partial charge in [-0.05, 0) is 17.5 Å². The standard InChI is InChI=1S/C17H16F3N3O/c1-10(2)14-15-12(8-13(21-14)17(18,19)20)23(16(24)22-15)9-11-6-4-3-5-7-11/h3-8,10H,9H2,1-2H3,(H,22,24). The lowest BCUT2D eigenvalue weighted by Gasteiger charge is -2.12. The molecule has 0 amide bonds. The van der Waals surface area contributed by atoms with Gasteiger partial charge in [-0.15, -0.1) is 0 Å². The molecule has 0 saturated carbocycles. The van der Waals surface area contributed by atoms with Crippen molar-refractivity contribution in [3.63, 3.8) is 0 Å². The van der Waals surface area contributed by atoms with Gasteiger partial charge in [-0.1, -0.05) is 44.2 Å². The lowest BCUT2D eigenvalue weighted by Crippen LogP contribution is -2.17. The Hall–Kier alpha value is -2.57. The third-order valence-corrected chi connectivity index (χ3v) is 3.82. The average molecular weight is 335 g/mol. The molecule has 0 saturated heterocycles. The second-order valence-electron chi connectivity index (χ2n) is 5.94. The molecule has 2 heterocycles. The number of alkyl halides is 3. The topological polar surface area (TPSA) is 50.7 Å². The normalized spacial score (nSPS) is 12.2. The smallest absolute Gasteiger partial charge is 0.304 e. The minimum absolute atomic E-state index is 0.193. The summed E-state index contributed by atoms with van der Waals surface area (Å²) in [6.45, 7) is 3.68. The monoisotopic (exact) mass is 335 g/mol. The van der Waals surface area contributed by atoms with E-state index in [2.05, 4.69) is 9.97 Å². The van der Waals surface area contributed by atoms with Gasteiger partial charge in [0.2, 0.25) is 0 Å². The number of pyridine rings is 1. The third kappa shape index (κ3) is 2.93. The van der Waals surface area contributed by atoms with Crippen LogP contribution in [0.5, 0.6) is 0 Å². The van der Waals surface area contributed by atoms with Crippen molar-refractivity contribution in [1.29, 1.82) is 0 Å². The van der Waals surface area contributed by atoms with Crippen LogP contribution >= 0.6 is 0 Å². The highest BCUT2D eigenvalue weighted by atomic mass is 19.4. The van der Waals surface area contributed by atoms with E-state index in [-0.39, 0.29) is 23.7 Å². The van der Waals surface area contributed by atoms with Gasteiger partial charge in [-0.25, -0.2) is 9.78 Å². The highest BCUT2D eigenvalue weighted by Gasteiger charge is 2.34. The Labute approximate surface area is 136 Å². The maximum absolute atomic E-state index is 13.2. The highest BCUT2D eigenvalue weighted by Crippen LogP contribution is 2.32. The van der Waals surface area contributed by atoms with E-state index in [0.29, 0.717) is 5.52 Å². The highest BCUT2D eigenvalue weighted by molar-refractivity contribution is 5.78. The molecule has 4 nitrogen and oxygen atoms in total. The minimum atomic E-state index is -4.57. The van der Waals surface area contributed by atoms with Gasteiger partial charge in [0, 0.05) is 0 Å². The SMILES string of the molecule is CC(C)c1nc(C(F)(F)F)cc2c1[nH]c(=O)n2Cc1ccccc1. The van der Waals surface area contributed by atoms with E-state index in [9.17, 15) is 18.0 Å². The largest absolute Gasteiger partial charge is 0.433 e. The van der Waals surface area contributed by atoms with Crippen LogP contribution in [0, 0.1) is 0 Å². The molecule has 1 N–H and O–H groups in total. The van der Waals surface area contributed by atoms with E-state index in [1.807, 2.05) is 30.3 Å². The molecular weight excluding hydrogens is 319 g/mol. The van der Waals surface area contributed by atoms with Crippen molar-refractivity contribution in [2.24, 2.45) is 0 Å². The van der Waals surface area contributed by atoms with Crippen molar-refractivity contribution >= 4 is 11.0 Å². The number of aromatic nitrogens is 3. The van der Waals surface area contributed by atoms with Crippen LogP contribution in [-0.2, 0) is 12.7 Å². The number of aromatic amines is 1. The Kier molecular flexibility index (Phi) is 3.95. The number of hydrogen-bond acceptors (Lipinski definition) is 2. The summed E-state index contributed by atoms with van der Waals surface area (Å²) in [5.74, 6) is -0.252. The number of halogens is 3. The van der Waals surface area contributed by atoms with E-state index >= 15 is 0 Å². The number of fused-ring (bicyclic) bond motifs is 1. The molecule has 0 spiro atoms. The number of imidazole rings is 1. The van der Waals surface area contributed by atoms with E-state index in [0.717, 1.165) is 11.6 Å². The number of nitrogens with zero attached hydrogens (tertiary/aromatic N) is 2. The Balaban J connectivity index is 2.25. The van der Waals surface area contributed by atoms with Crippen LogP contribution in [0.2, 0.25) is 0 Å². The molecule has 3 aromatic rings. The van der Waals surface area contributed by atoms with Crippen LogP contribution in [-0.4, -0.2) is 14.5 Å². The van der Waals surface area contributed by atoms with Gasteiger partial charge in [-0.3, -0.25) is 4.57 Å². The zero-order chi connectivity index (χ0) is 17.5. The average Bonchev–Trinajstić information content (AvgIpc) is 2.82. The molecule has 0 bridgehead atoms. The molecular formula is C17H16F3N3O. The fourth-order valence-electron chi connectivity index (χ4n) is 2.66. The van der Waals surface area contributed by atoms with Crippen molar-refractivity contribution < 1.29 is 13.2 Å². The van der Waals surface area contributed by atoms with Gasteiger partial charge in [-0.2, -0.15) is 13.2 Å². The first-order valence-corrected chi connectivity index (χ1v) is 7.52. The Morgan fingerprint density at radius 1 is 1.21 bits per heavy atom.